The second-order valence-corrected chi connectivity index (χ2v) is 5.45. The Hall–Kier alpha value is 0.230. The number of benzene rings is 1. The molecule has 0 spiro atoms. The van der Waals surface area contributed by atoms with Gasteiger partial charge in [0.25, 0.3) is 0 Å². The minimum absolute atomic E-state index is 0. The molecule has 1 aromatic carbocycles. The molecule has 1 aromatic rings. The van der Waals surface area contributed by atoms with Crippen LogP contribution in [0, 0.1) is 5.92 Å². The number of hydrogen-bond donors (Lipinski definition) is 2. The highest BCUT2D eigenvalue weighted by atomic mass is 79.9. The minimum Gasteiger partial charge on any atom is -0.508 e. The van der Waals surface area contributed by atoms with Gasteiger partial charge in [0.05, 0.1) is 0 Å². The van der Waals surface area contributed by atoms with Gasteiger partial charge in [-0.1, -0.05) is 31.9 Å². The highest BCUT2D eigenvalue weighted by Crippen LogP contribution is 2.45. The van der Waals surface area contributed by atoms with Gasteiger partial charge in [0.2, 0.25) is 0 Å². The zero-order valence-electron chi connectivity index (χ0n) is 7.91. The van der Waals surface area contributed by atoms with E-state index in [9.17, 15) is 5.11 Å². The van der Waals surface area contributed by atoms with Gasteiger partial charge < -0.3 is 10.8 Å². The minimum atomic E-state index is -0.0440. The maximum Gasteiger partial charge on any atom is 0.122 e. The molecule has 84 valence electrons. The molecule has 2 rings (SSSR count). The Morgan fingerprint density at radius 3 is 2.40 bits per heavy atom. The first-order valence-electron chi connectivity index (χ1n) is 4.53. The average Bonchev–Trinajstić information content (AvgIpc) is 2.83. The lowest BCUT2D eigenvalue weighted by Crippen LogP contribution is -2.13. The predicted octanol–water partition coefficient (Wildman–Crippen LogP) is 3.75. The molecule has 1 saturated carbocycles. The largest absolute Gasteiger partial charge is 0.508 e. The molecule has 15 heavy (non-hydrogen) atoms. The van der Waals surface area contributed by atoms with Crippen LogP contribution in [0.3, 0.4) is 0 Å². The normalized spacial score (nSPS) is 17.0. The van der Waals surface area contributed by atoms with E-state index < -0.39 is 0 Å². The summed E-state index contributed by atoms with van der Waals surface area (Å²) in [5.41, 5.74) is 6.88. The number of halogens is 3. The zero-order chi connectivity index (χ0) is 10.3. The highest BCUT2D eigenvalue weighted by Gasteiger charge is 2.32. The van der Waals surface area contributed by atoms with Gasteiger partial charge >= 0.3 is 0 Å². The van der Waals surface area contributed by atoms with E-state index in [0.717, 1.165) is 14.5 Å². The molecule has 1 fully saturated rings. The van der Waals surface area contributed by atoms with Crippen LogP contribution in [0.4, 0.5) is 0 Å². The smallest absolute Gasteiger partial charge is 0.122 e. The van der Waals surface area contributed by atoms with Crippen molar-refractivity contribution in [3.8, 4) is 5.75 Å². The average molecular weight is 357 g/mol. The summed E-state index contributed by atoms with van der Waals surface area (Å²) < 4.78 is 1.73. The summed E-state index contributed by atoms with van der Waals surface area (Å²) in [5.74, 6) is 0.809. The van der Waals surface area contributed by atoms with E-state index in [-0.39, 0.29) is 24.2 Å². The zero-order valence-corrected chi connectivity index (χ0v) is 11.9. The van der Waals surface area contributed by atoms with Crippen LogP contribution in [0.25, 0.3) is 0 Å². The summed E-state index contributed by atoms with van der Waals surface area (Å²) >= 11 is 6.74. The Balaban J connectivity index is 0.00000112. The molecule has 1 aliphatic rings. The summed E-state index contributed by atoms with van der Waals surface area (Å²) in [7, 11) is 0. The van der Waals surface area contributed by atoms with Crippen molar-refractivity contribution >= 4 is 44.3 Å². The Labute approximate surface area is 112 Å². The number of phenolic OH excluding ortho intramolecular Hbond substituents is 1. The van der Waals surface area contributed by atoms with Gasteiger partial charge in [0.15, 0.2) is 0 Å². The van der Waals surface area contributed by atoms with Gasteiger partial charge in [-0.3, -0.25) is 0 Å². The first-order chi connectivity index (χ1) is 6.59. The number of rotatable bonds is 2. The van der Waals surface area contributed by atoms with Crippen molar-refractivity contribution in [3.05, 3.63) is 26.6 Å². The Bertz CT molecular complexity index is 345. The summed E-state index contributed by atoms with van der Waals surface area (Å²) in [6, 6.07) is 3.55. The maximum atomic E-state index is 9.78. The quantitative estimate of drug-likeness (QED) is 0.847. The van der Waals surface area contributed by atoms with Gasteiger partial charge in [-0.2, -0.15) is 0 Å². The van der Waals surface area contributed by atoms with Crippen LogP contribution in [0.2, 0.25) is 0 Å². The molecule has 0 saturated heterocycles. The molecule has 0 unspecified atom stereocenters. The van der Waals surface area contributed by atoms with Crippen LogP contribution in [0.1, 0.15) is 24.4 Å². The summed E-state index contributed by atoms with van der Waals surface area (Å²) in [4.78, 5) is 0. The van der Waals surface area contributed by atoms with Crippen LogP contribution < -0.4 is 5.73 Å². The molecule has 1 aliphatic carbocycles. The lowest BCUT2D eigenvalue weighted by Gasteiger charge is -2.15. The lowest BCUT2D eigenvalue weighted by atomic mass is 10.0. The fourth-order valence-corrected chi connectivity index (χ4v) is 3.06. The first kappa shape index (κ1) is 13.3. The van der Waals surface area contributed by atoms with Gasteiger partial charge in [-0.25, -0.2) is 0 Å². The van der Waals surface area contributed by atoms with E-state index in [1.54, 1.807) is 6.07 Å². The monoisotopic (exact) mass is 355 g/mol. The van der Waals surface area contributed by atoms with Gasteiger partial charge in [-0.05, 0) is 30.9 Å². The van der Waals surface area contributed by atoms with Gasteiger partial charge in [-0.15, -0.1) is 12.4 Å². The van der Waals surface area contributed by atoms with E-state index in [1.807, 2.05) is 6.07 Å². The van der Waals surface area contributed by atoms with Gasteiger partial charge in [0.1, 0.15) is 5.75 Å². The molecular weight excluding hydrogens is 345 g/mol. The van der Waals surface area contributed by atoms with Crippen molar-refractivity contribution in [1.82, 2.24) is 0 Å². The summed E-state index contributed by atoms with van der Waals surface area (Å²) in [5, 5.41) is 9.78. The van der Waals surface area contributed by atoms with Crippen molar-refractivity contribution in [1.29, 1.82) is 0 Å². The third-order valence-electron chi connectivity index (χ3n) is 2.54. The molecule has 0 heterocycles. The molecule has 3 N–H and O–H groups in total. The van der Waals surface area contributed by atoms with Crippen LogP contribution in [-0.2, 0) is 0 Å². The van der Waals surface area contributed by atoms with Crippen molar-refractivity contribution in [3.63, 3.8) is 0 Å². The Morgan fingerprint density at radius 2 is 1.93 bits per heavy atom. The second kappa shape index (κ2) is 5.04. The molecule has 5 heteroatoms. The van der Waals surface area contributed by atoms with E-state index in [1.165, 1.54) is 12.8 Å². The molecule has 0 aromatic heterocycles. The number of nitrogens with two attached hydrogens (primary N) is 1. The number of aromatic hydroxyl groups is 1. The summed E-state index contributed by atoms with van der Waals surface area (Å²) in [6.45, 7) is 0. The van der Waals surface area contributed by atoms with Crippen molar-refractivity contribution < 1.29 is 5.11 Å². The first-order valence-corrected chi connectivity index (χ1v) is 6.11. The fraction of sp³-hybridized carbons (Fsp3) is 0.400. The van der Waals surface area contributed by atoms with Crippen molar-refractivity contribution in [2.75, 3.05) is 0 Å². The highest BCUT2D eigenvalue weighted by molar-refractivity contribution is 9.11. The molecule has 0 amide bonds. The topological polar surface area (TPSA) is 46.2 Å². The summed E-state index contributed by atoms with van der Waals surface area (Å²) in [6.07, 6.45) is 2.34. The van der Waals surface area contributed by atoms with E-state index in [4.69, 9.17) is 5.73 Å². The Kier molecular flexibility index (Phi) is 4.47. The van der Waals surface area contributed by atoms with Crippen LogP contribution >= 0.6 is 44.3 Å². The lowest BCUT2D eigenvalue weighted by molar-refractivity contribution is 0.455. The van der Waals surface area contributed by atoms with E-state index in [0.29, 0.717) is 5.92 Å². The molecule has 1 atom stereocenters. The van der Waals surface area contributed by atoms with E-state index in [2.05, 4.69) is 31.9 Å². The fourth-order valence-electron chi connectivity index (χ4n) is 1.59. The second-order valence-electron chi connectivity index (χ2n) is 3.68. The third kappa shape index (κ3) is 2.87. The molecule has 0 radical (unpaired) electrons. The Morgan fingerprint density at radius 1 is 1.33 bits per heavy atom. The predicted molar refractivity (Wildman–Crippen MR) is 70.4 cm³/mol. The molecule has 0 bridgehead atoms. The van der Waals surface area contributed by atoms with Crippen molar-refractivity contribution in [2.24, 2.45) is 11.7 Å². The van der Waals surface area contributed by atoms with Crippen LogP contribution in [0.5, 0.6) is 5.75 Å². The van der Waals surface area contributed by atoms with E-state index >= 15 is 0 Å². The molecular formula is C10H12Br2ClNO. The third-order valence-corrected chi connectivity index (χ3v) is 3.65. The molecule has 2 nitrogen and oxygen atoms in total. The molecule has 0 aliphatic heterocycles. The van der Waals surface area contributed by atoms with Gasteiger partial charge in [0, 0.05) is 20.6 Å². The standard InChI is InChI=1S/C10H11Br2NO.ClH/c11-6-3-7(12)9(8(14)4-6)10(13)5-1-2-5;/h3-5,10,14H,1-2,13H2;1H/t10-;/m1./s1. The van der Waals surface area contributed by atoms with Crippen LogP contribution in [-0.4, -0.2) is 5.11 Å². The number of phenols is 1. The SMILES string of the molecule is Cl.N[C@@H](c1c(O)cc(Br)cc1Br)C1CC1. The van der Waals surface area contributed by atoms with Crippen LogP contribution in [0.15, 0.2) is 21.1 Å². The maximum absolute atomic E-state index is 9.78. The van der Waals surface area contributed by atoms with Crippen molar-refractivity contribution in [2.45, 2.75) is 18.9 Å². The number of hydrogen-bond acceptors (Lipinski definition) is 2.